The third kappa shape index (κ3) is 4.30. The van der Waals surface area contributed by atoms with Crippen molar-refractivity contribution >= 4 is 0 Å². The third-order valence-electron chi connectivity index (χ3n) is 2.41. The second kappa shape index (κ2) is 5.45. The Balaban J connectivity index is 2.68. The van der Waals surface area contributed by atoms with Crippen molar-refractivity contribution in [2.75, 3.05) is 13.1 Å². The molecule has 0 aliphatic rings. The van der Waals surface area contributed by atoms with E-state index in [-0.39, 0.29) is 5.41 Å². The average Bonchev–Trinajstić information content (AvgIpc) is 2.63. The van der Waals surface area contributed by atoms with Gasteiger partial charge in [0.25, 0.3) is 0 Å². The third-order valence-corrected chi connectivity index (χ3v) is 2.41. The Hall–Kier alpha value is -1.16. The highest BCUT2D eigenvalue weighted by atomic mass is 16.4. The summed E-state index contributed by atoms with van der Waals surface area (Å²) in [4.78, 5) is 2.22. The monoisotopic (exact) mass is 237 g/mol. The van der Waals surface area contributed by atoms with Crippen LogP contribution >= 0.6 is 0 Å². The van der Waals surface area contributed by atoms with Crippen LogP contribution in [0.4, 0.5) is 0 Å². The fourth-order valence-corrected chi connectivity index (χ4v) is 1.47. The smallest absolute Gasteiger partial charge is 0.230 e. The topological polar surface area (TPSA) is 42.2 Å². The molecule has 1 heterocycles. The summed E-state index contributed by atoms with van der Waals surface area (Å²) in [6.07, 6.45) is 0. The highest BCUT2D eigenvalue weighted by molar-refractivity contribution is 4.97. The van der Waals surface area contributed by atoms with Gasteiger partial charge in [0, 0.05) is 12.0 Å². The summed E-state index contributed by atoms with van der Waals surface area (Å²) in [5, 5.41) is 8.18. The first-order valence-electron chi connectivity index (χ1n) is 6.02. The Morgan fingerprint density at radius 3 is 2.41 bits per heavy atom. The van der Waals surface area contributed by atoms with Gasteiger partial charge in [-0.25, -0.2) is 0 Å². The molecule has 0 bridgehead atoms. The molecule has 0 unspecified atom stereocenters. The first-order valence-corrected chi connectivity index (χ1v) is 6.02. The van der Waals surface area contributed by atoms with E-state index in [1.165, 1.54) is 0 Å². The molecule has 0 amide bonds. The second-order valence-electron chi connectivity index (χ2n) is 5.51. The first kappa shape index (κ1) is 13.9. The molecule has 0 radical (unpaired) electrons. The quantitative estimate of drug-likeness (QED) is 0.738. The second-order valence-corrected chi connectivity index (χ2v) is 5.51. The Bertz CT molecular complexity index is 376. The van der Waals surface area contributed by atoms with Crippen LogP contribution in [0.3, 0.4) is 0 Å². The molecular weight excluding hydrogens is 214 g/mol. The molecular formula is C13H23N3O. The maximum Gasteiger partial charge on any atom is 0.230 e. The molecule has 1 aromatic rings. The van der Waals surface area contributed by atoms with Gasteiger partial charge in [0.1, 0.15) is 0 Å². The number of nitrogens with zero attached hydrogens (tertiary/aromatic N) is 3. The average molecular weight is 237 g/mol. The number of hydrogen-bond donors (Lipinski definition) is 0. The van der Waals surface area contributed by atoms with Gasteiger partial charge < -0.3 is 4.42 Å². The molecule has 0 aliphatic carbocycles. The Kier molecular flexibility index (Phi) is 4.46. The largest absolute Gasteiger partial charge is 0.423 e. The van der Waals surface area contributed by atoms with Crippen molar-refractivity contribution in [2.45, 2.75) is 46.6 Å². The predicted octanol–water partition coefficient (Wildman–Crippen LogP) is 2.77. The van der Waals surface area contributed by atoms with Gasteiger partial charge >= 0.3 is 0 Å². The van der Waals surface area contributed by atoms with Crippen LogP contribution in [0.25, 0.3) is 0 Å². The number of likely N-dealkylation sites (N-methyl/N-ethyl adjacent to an activating group) is 1. The number of aromatic nitrogens is 2. The SMILES string of the molecule is C=C(C)CN(CC)Cc1nnc(C(C)(C)C)o1. The fraction of sp³-hybridized carbons (Fsp3) is 0.692. The summed E-state index contributed by atoms with van der Waals surface area (Å²) < 4.78 is 5.67. The molecule has 0 N–H and O–H groups in total. The summed E-state index contributed by atoms with van der Waals surface area (Å²) in [5.41, 5.74) is 1.05. The van der Waals surface area contributed by atoms with E-state index < -0.39 is 0 Å². The van der Waals surface area contributed by atoms with Crippen LogP contribution in [0.5, 0.6) is 0 Å². The Morgan fingerprint density at radius 1 is 1.35 bits per heavy atom. The molecule has 17 heavy (non-hydrogen) atoms. The molecule has 0 atom stereocenters. The van der Waals surface area contributed by atoms with Crippen molar-refractivity contribution < 1.29 is 4.42 Å². The molecule has 0 aliphatic heterocycles. The zero-order valence-electron chi connectivity index (χ0n) is 11.6. The van der Waals surface area contributed by atoms with Gasteiger partial charge in [0.15, 0.2) is 0 Å². The molecule has 0 spiro atoms. The minimum Gasteiger partial charge on any atom is -0.423 e. The summed E-state index contributed by atoms with van der Waals surface area (Å²) in [7, 11) is 0. The normalized spacial score (nSPS) is 12.1. The lowest BCUT2D eigenvalue weighted by molar-refractivity contribution is 0.259. The standard InChI is InChI=1S/C13H23N3O/c1-7-16(8-10(2)3)9-11-14-15-12(17-11)13(4,5)6/h2,7-9H2,1,3-6H3. The van der Waals surface area contributed by atoms with Crippen molar-refractivity contribution in [3.8, 4) is 0 Å². The lowest BCUT2D eigenvalue weighted by Crippen LogP contribution is -2.24. The maximum atomic E-state index is 5.67. The zero-order valence-corrected chi connectivity index (χ0v) is 11.6. The zero-order chi connectivity index (χ0) is 13.1. The van der Waals surface area contributed by atoms with Crippen molar-refractivity contribution in [1.82, 2.24) is 15.1 Å². The van der Waals surface area contributed by atoms with Gasteiger partial charge in [0.05, 0.1) is 6.54 Å². The van der Waals surface area contributed by atoms with Crippen molar-refractivity contribution in [3.05, 3.63) is 23.9 Å². The van der Waals surface area contributed by atoms with Crippen LogP contribution in [0.1, 0.15) is 46.4 Å². The molecule has 1 aromatic heterocycles. The van der Waals surface area contributed by atoms with Gasteiger partial charge in [-0.05, 0) is 13.5 Å². The minimum absolute atomic E-state index is 0.0867. The summed E-state index contributed by atoms with van der Waals surface area (Å²) in [6, 6.07) is 0. The highest BCUT2D eigenvalue weighted by Crippen LogP contribution is 2.20. The number of hydrogen-bond acceptors (Lipinski definition) is 4. The van der Waals surface area contributed by atoms with Crippen molar-refractivity contribution in [2.24, 2.45) is 0 Å². The van der Waals surface area contributed by atoms with E-state index in [1.54, 1.807) is 0 Å². The van der Waals surface area contributed by atoms with Crippen LogP contribution in [0.2, 0.25) is 0 Å². The molecule has 1 rings (SSSR count). The molecule has 4 heteroatoms. The van der Waals surface area contributed by atoms with E-state index in [0.717, 1.165) is 18.7 Å². The van der Waals surface area contributed by atoms with Gasteiger partial charge in [-0.1, -0.05) is 39.8 Å². The van der Waals surface area contributed by atoms with E-state index >= 15 is 0 Å². The van der Waals surface area contributed by atoms with E-state index in [0.29, 0.717) is 18.3 Å². The molecule has 96 valence electrons. The lowest BCUT2D eigenvalue weighted by Gasteiger charge is -2.18. The van der Waals surface area contributed by atoms with Gasteiger partial charge in [-0.15, -0.1) is 10.2 Å². The van der Waals surface area contributed by atoms with Crippen LogP contribution in [-0.2, 0) is 12.0 Å². The Morgan fingerprint density at radius 2 is 2.00 bits per heavy atom. The van der Waals surface area contributed by atoms with E-state index in [1.807, 2.05) is 6.92 Å². The summed E-state index contributed by atoms with van der Waals surface area (Å²) in [5.74, 6) is 1.37. The minimum atomic E-state index is -0.0867. The van der Waals surface area contributed by atoms with Crippen LogP contribution in [0.15, 0.2) is 16.6 Å². The number of rotatable bonds is 5. The molecule has 0 aromatic carbocycles. The highest BCUT2D eigenvalue weighted by Gasteiger charge is 2.21. The van der Waals surface area contributed by atoms with Crippen LogP contribution in [-0.4, -0.2) is 28.2 Å². The molecule has 0 saturated heterocycles. The molecule has 4 nitrogen and oxygen atoms in total. The first-order chi connectivity index (χ1) is 7.82. The van der Waals surface area contributed by atoms with Crippen molar-refractivity contribution in [1.29, 1.82) is 0 Å². The predicted molar refractivity (Wildman–Crippen MR) is 68.8 cm³/mol. The summed E-state index contributed by atoms with van der Waals surface area (Å²) in [6.45, 7) is 16.8. The summed E-state index contributed by atoms with van der Waals surface area (Å²) >= 11 is 0. The fourth-order valence-electron chi connectivity index (χ4n) is 1.47. The van der Waals surface area contributed by atoms with Gasteiger partial charge in [-0.3, -0.25) is 4.90 Å². The van der Waals surface area contributed by atoms with E-state index in [4.69, 9.17) is 4.42 Å². The Labute approximate surface area is 104 Å². The van der Waals surface area contributed by atoms with Crippen LogP contribution < -0.4 is 0 Å². The lowest BCUT2D eigenvalue weighted by atomic mass is 9.97. The van der Waals surface area contributed by atoms with Gasteiger partial charge in [-0.2, -0.15) is 0 Å². The van der Waals surface area contributed by atoms with E-state index in [2.05, 4.69) is 49.4 Å². The van der Waals surface area contributed by atoms with Crippen LogP contribution in [0, 0.1) is 0 Å². The molecule has 0 fully saturated rings. The van der Waals surface area contributed by atoms with Crippen molar-refractivity contribution in [3.63, 3.8) is 0 Å². The maximum absolute atomic E-state index is 5.67. The van der Waals surface area contributed by atoms with E-state index in [9.17, 15) is 0 Å². The van der Waals surface area contributed by atoms with Gasteiger partial charge in [0.2, 0.25) is 11.8 Å². The molecule has 0 saturated carbocycles.